The Balaban J connectivity index is 2.30. The van der Waals surface area contributed by atoms with Crippen molar-refractivity contribution in [1.29, 1.82) is 0 Å². The Labute approximate surface area is 85.6 Å². The molecule has 3 nitrogen and oxygen atoms in total. The lowest BCUT2D eigenvalue weighted by molar-refractivity contribution is -0.129. The number of hydrogen-bond acceptors (Lipinski definition) is 2. The van der Waals surface area contributed by atoms with E-state index in [1.165, 1.54) is 0 Å². The Morgan fingerprint density at radius 3 is 2.43 bits per heavy atom. The van der Waals surface area contributed by atoms with Gasteiger partial charge >= 0.3 is 0 Å². The van der Waals surface area contributed by atoms with Gasteiger partial charge in [0, 0.05) is 12.6 Å². The SMILES string of the molecule is CC(C)(C)C1NCCC12CCNC2=O. The molecule has 2 aliphatic rings. The van der Waals surface area contributed by atoms with Crippen LogP contribution in [0.1, 0.15) is 33.6 Å². The molecule has 1 amide bonds. The molecule has 0 saturated carbocycles. The number of nitrogens with one attached hydrogen (secondary N) is 2. The van der Waals surface area contributed by atoms with Crippen LogP contribution in [0.3, 0.4) is 0 Å². The minimum absolute atomic E-state index is 0.113. The number of carbonyl (C=O) groups is 1. The first-order chi connectivity index (χ1) is 6.47. The van der Waals surface area contributed by atoms with Crippen molar-refractivity contribution in [2.24, 2.45) is 10.8 Å². The molecule has 2 fully saturated rings. The van der Waals surface area contributed by atoms with Crippen LogP contribution in [0.15, 0.2) is 0 Å². The average molecular weight is 196 g/mol. The van der Waals surface area contributed by atoms with Crippen molar-refractivity contribution in [2.45, 2.75) is 39.7 Å². The predicted octanol–water partition coefficient (Wildman–Crippen LogP) is 0.901. The Hall–Kier alpha value is -0.570. The molecule has 1 spiro atoms. The minimum Gasteiger partial charge on any atom is -0.356 e. The highest BCUT2D eigenvalue weighted by Crippen LogP contribution is 2.45. The molecule has 0 bridgehead atoms. The molecular formula is C11H20N2O. The molecule has 2 atom stereocenters. The van der Waals surface area contributed by atoms with Crippen molar-refractivity contribution in [3.8, 4) is 0 Å². The van der Waals surface area contributed by atoms with Gasteiger partial charge in [0.05, 0.1) is 5.41 Å². The highest BCUT2D eigenvalue weighted by Gasteiger charge is 2.54. The van der Waals surface area contributed by atoms with Crippen LogP contribution in [0.5, 0.6) is 0 Å². The standard InChI is InChI=1S/C11H20N2O/c1-10(2,3)8-11(4-6-12-8)5-7-13-9(11)14/h8,12H,4-7H2,1-3H3,(H,13,14). The van der Waals surface area contributed by atoms with E-state index in [1.54, 1.807) is 0 Å². The fourth-order valence-corrected chi connectivity index (χ4v) is 3.12. The maximum atomic E-state index is 11.9. The lowest BCUT2D eigenvalue weighted by atomic mass is 9.68. The second-order valence-corrected chi connectivity index (χ2v) is 5.67. The van der Waals surface area contributed by atoms with Crippen LogP contribution in [-0.2, 0) is 4.79 Å². The van der Waals surface area contributed by atoms with E-state index in [4.69, 9.17) is 0 Å². The van der Waals surface area contributed by atoms with Gasteiger partial charge in [0.15, 0.2) is 0 Å². The van der Waals surface area contributed by atoms with E-state index in [-0.39, 0.29) is 16.7 Å². The molecule has 0 aromatic rings. The maximum absolute atomic E-state index is 11.9. The van der Waals surface area contributed by atoms with Gasteiger partial charge in [0.25, 0.3) is 0 Å². The maximum Gasteiger partial charge on any atom is 0.227 e. The molecule has 3 heteroatoms. The summed E-state index contributed by atoms with van der Waals surface area (Å²) in [6.45, 7) is 8.47. The normalized spacial score (nSPS) is 37.9. The molecule has 0 aromatic heterocycles. The summed E-state index contributed by atoms with van der Waals surface area (Å²) < 4.78 is 0. The van der Waals surface area contributed by atoms with Crippen molar-refractivity contribution in [3.63, 3.8) is 0 Å². The van der Waals surface area contributed by atoms with E-state index in [1.807, 2.05) is 0 Å². The van der Waals surface area contributed by atoms with Gasteiger partial charge in [-0.05, 0) is 24.8 Å². The van der Waals surface area contributed by atoms with E-state index >= 15 is 0 Å². The molecule has 0 radical (unpaired) electrons. The molecule has 2 N–H and O–H groups in total. The Kier molecular flexibility index (Phi) is 2.11. The summed E-state index contributed by atoms with van der Waals surface area (Å²) in [5.41, 5.74) is 0.0520. The Morgan fingerprint density at radius 2 is 1.93 bits per heavy atom. The van der Waals surface area contributed by atoms with Gasteiger partial charge < -0.3 is 10.6 Å². The summed E-state index contributed by atoms with van der Waals surface area (Å²) in [5.74, 6) is 0.266. The summed E-state index contributed by atoms with van der Waals surface area (Å²) in [6.07, 6.45) is 2.00. The van der Waals surface area contributed by atoms with Crippen LogP contribution in [0, 0.1) is 10.8 Å². The fraction of sp³-hybridized carbons (Fsp3) is 0.909. The Bertz CT molecular complexity index is 253. The van der Waals surface area contributed by atoms with E-state index in [9.17, 15) is 4.79 Å². The van der Waals surface area contributed by atoms with Gasteiger partial charge in [-0.3, -0.25) is 4.79 Å². The average Bonchev–Trinajstić information content (AvgIpc) is 2.61. The molecule has 2 heterocycles. The number of rotatable bonds is 0. The van der Waals surface area contributed by atoms with Crippen molar-refractivity contribution < 1.29 is 4.79 Å². The van der Waals surface area contributed by atoms with E-state index in [0.29, 0.717) is 6.04 Å². The quantitative estimate of drug-likeness (QED) is 0.604. The summed E-state index contributed by atoms with van der Waals surface area (Å²) in [6, 6.07) is 0.331. The van der Waals surface area contributed by atoms with Crippen LogP contribution >= 0.6 is 0 Å². The van der Waals surface area contributed by atoms with E-state index < -0.39 is 0 Å². The molecule has 14 heavy (non-hydrogen) atoms. The second-order valence-electron chi connectivity index (χ2n) is 5.67. The third kappa shape index (κ3) is 1.26. The topological polar surface area (TPSA) is 41.1 Å². The first-order valence-corrected chi connectivity index (χ1v) is 5.48. The van der Waals surface area contributed by atoms with E-state index in [2.05, 4.69) is 31.4 Å². The minimum atomic E-state index is -0.113. The molecule has 0 aromatic carbocycles. The van der Waals surface area contributed by atoms with Crippen molar-refractivity contribution in [3.05, 3.63) is 0 Å². The van der Waals surface area contributed by atoms with Crippen molar-refractivity contribution in [1.82, 2.24) is 10.6 Å². The summed E-state index contributed by atoms with van der Waals surface area (Å²) in [4.78, 5) is 11.9. The predicted molar refractivity (Wildman–Crippen MR) is 55.9 cm³/mol. The number of hydrogen-bond donors (Lipinski definition) is 2. The number of amides is 1. The highest BCUT2D eigenvalue weighted by molar-refractivity contribution is 5.86. The zero-order valence-electron chi connectivity index (χ0n) is 9.31. The summed E-state index contributed by atoms with van der Waals surface area (Å²) in [7, 11) is 0. The summed E-state index contributed by atoms with van der Waals surface area (Å²) >= 11 is 0. The van der Waals surface area contributed by atoms with Crippen LogP contribution < -0.4 is 10.6 Å². The van der Waals surface area contributed by atoms with Crippen LogP contribution in [0.2, 0.25) is 0 Å². The Morgan fingerprint density at radius 1 is 1.29 bits per heavy atom. The van der Waals surface area contributed by atoms with E-state index in [0.717, 1.165) is 25.9 Å². The van der Waals surface area contributed by atoms with Crippen LogP contribution in [0.25, 0.3) is 0 Å². The molecule has 2 saturated heterocycles. The third-order valence-corrected chi connectivity index (χ3v) is 3.65. The van der Waals surface area contributed by atoms with Gasteiger partial charge in [0.2, 0.25) is 5.91 Å². The van der Waals surface area contributed by atoms with Crippen LogP contribution in [-0.4, -0.2) is 25.0 Å². The highest BCUT2D eigenvalue weighted by atomic mass is 16.2. The van der Waals surface area contributed by atoms with Crippen molar-refractivity contribution >= 4 is 5.91 Å². The molecule has 0 aliphatic carbocycles. The van der Waals surface area contributed by atoms with Gasteiger partial charge in [-0.25, -0.2) is 0 Å². The third-order valence-electron chi connectivity index (χ3n) is 3.65. The monoisotopic (exact) mass is 196 g/mol. The van der Waals surface area contributed by atoms with Gasteiger partial charge in [-0.2, -0.15) is 0 Å². The first kappa shape index (κ1) is 9.97. The van der Waals surface area contributed by atoms with Gasteiger partial charge in [-0.1, -0.05) is 20.8 Å². The molecular weight excluding hydrogens is 176 g/mol. The molecule has 2 aliphatic heterocycles. The lowest BCUT2D eigenvalue weighted by Crippen LogP contribution is -2.49. The first-order valence-electron chi connectivity index (χ1n) is 5.48. The van der Waals surface area contributed by atoms with Crippen molar-refractivity contribution in [2.75, 3.05) is 13.1 Å². The number of carbonyl (C=O) groups excluding carboxylic acids is 1. The lowest BCUT2D eigenvalue weighted by Gasteiger charge is -2.37. The largest absolute Gasteiger partial charge is 0.356 e. The zero-order chi connectivity index (χ0) is 10.4. The van der Waals surface area contributed by atoms with Gasteiger partial charge in [0.1, 0.15) is 0 Å². The summed E-state index contributed by atoms with van der Waals surface area (Å²) in [5, 5.41) is 6.47. The molecule has 2 unspecified atom stereocenters. The van der Waals surface area contributed by atoms with Crippen LogP contribution in [0.4, 0.5) is 0 Å². The molecule has 2 rings (SSSR count). The molecule has 80 valence electrons. The zero-order valence-corrected chi connectivity index (χ0v) is 9.31. The fourth-order valence-electron chi connectivity index (χ4n) is 3.12. The smallest absolute Gasteiger partial charge is 0.227 e. The van der Waals surface area contributed by atoms with Gasteiger partial charge in [-0.15, -0.1) is 0 Å². The second kappa shape index (κ2) is 2.96.